The first-order chi connectivity index (χ1) is 12.9. The van der Waals surface area contributed by atoms with Crippen molar-refractivity contribution in [2.75, 3.05) is 72.1 Å². The number of ether oxygens (including phenoxy) is 1. The van der Waals surface area contributed by atoms with E-state index < -0.39 is 0 Å². The molecular formula is C21H39N4O. The van der Waals surface area contributed by atoms with E-state index in [0.717, 1.165) is 44.9 Å². The average Bonchev–Trinajstić information content (AvgIpc) is 3.31. The van der Waals surface area contributed by atoms with Crippen LogP contribution in [-0.2, 0) is 4.74 Å². The van der Waals surface area contributed by atoms with Gasteiger partial charge in [-0.3, -0.25) is 14.7 Å². The molecule has 4 rings (SSSR count). The standard InChI is InChI=1S/C21H39N4O/c1-2-8-22(9-3-1)18-20-6-4-10-24(20)12-13-25-11-5-7-21(25)19-23-14-16-26-17-15-23/h12,20-21H,1-11,13-19H2. The summed E-state index contributed by atoms with van der Waals surface area (Å²) in [5.74, 6) is 0. The zero-order chi connectivity index (χ0) is 17.6. The summed E-state index contributed by atoms with van der Waals surface area (Å²) in [5, 5.41) is 0. The fourth-order valence-corrected chi connectivity index (χ4v) is 5.37. The van der Waals surface area contributed by atoms with Crippen molar-refractivity contribution in [3.8, 4) is 0 Å². The Bertz CT molecular complexity index is 371. The quantitative estimate of drug-likeness (QED) is 0.687. The maximum absolute atomic E-state index is 5.51. The topological polar surface area (TPSA) is 22.2 Å². The third-order valence-corrected chi connectivity index (χ3v) is 6.96. The summed E-state index contributed by atoms with van der Waals surface area (Å²) in [6.07, 6.45) is 9.79. The normalized spacial score (nSPS) is 33.2. The molecule has 4 fully saturated rings. The molecule has 5 nitrogen and oxygen atoms in total. The summed E-state index contributed by atoms with van der Waals surface area (Å²) in [4.78, 5) is 10.8. The van der Waals surface area contributed by atoms with Crippen molar-refractivity contribution in [2.24, 2.45) is 0 Å². The molecule has 0 N–H and O–H groups in total. The van der Waals surface area contributed by atoms with E-state index in [1.165, 1.54) is 84.2 Å². The molecule has 4 heterocycles. The van der Waals surface area contributed by atoms with E-state index in [-0.39, 0.29) is 0 Å². The van der Waals surface area contributed by atoms with E-state index in [1.54, 1.807) is 0 Å². The van der Waals surface area contributed by atoms with Gasteiger partial charge in [-0.1, -0.05) is 6.42 Å². The first kappa shape index (κ1) is 19.1. The number of hydrogen-bond acceptors (Lipinski definition) is 5. The molecule has 0 aromatic rings. The fraction of sp³-hybridized carbons (Fsp3) is 0.952. The number of morpholine rings is 1. The van der Waals surface area contributed by atoms with Crippen LogP contribution in [0.1, 0.15) is 44.9 Å². The van der Waals surface area contributed by atoms with Crippen molar-refractivity contribution in [1.29, 1.82) is 0 Å². The predicted molar refractivity (Wildman–Crippen MR) is 106 cm³/mol. The molecule has 26 heavy (non-hydrogen) atoms. The van der Waals surface area contributed by atoms with Crippen molar-refractivity contribution in [1.82, 2.24) is 19.6 Å². The molecule has 0 aliphatic carbocycles. The highest BCUT2D eigenvalue weighted by Gasteiger charge is 2.30. The van der Waals surface area contributed by atoms with Gasteiger partial charge in [0.15, 0.2) is 0 Å². The van der Waals surface area contributed by atoms with Gasteiger partial charge in [0.1, 0.15) is 0 Å². The molecule has 4 aliphatic heterocycles. The Morgan fingerprint density at radius 2 is 1.38 bits per heavy atom. The fourth-order valence-electron chi connectivity index (χ4n) is 5.37. The second kappa shape index (κ2) is 9.83. The summed E-state index contributed by atoms with van der Waals surface area (Å²) < 4.78 is 5.51. The summed E-state index contributed by atoms with van der Waals surface area (Å²) in [6.45, 7) is 15.6. The van der Waals surface area contributed by atoms with Gasteiger partial charge >= 0.3 is 0 Å². The van der Waals surface area contributed by atoms with Gasteiger partial charge < -0.3 is 9.64 Å². The highest BCUT2D eigenvalue weighted by Crippen LogP contribution is 2.24. The molecule has 0 aromatic heterocycles. The van der Waals surface area contributed by atoms with Crippen molar-refractivity contribution in [2.45, 2.75) is 57.0 Å². The predicted octanol–water partition coefficient (Wildman–Crippen LogP) is 1.90. The Morgan fingerprint density at radius 1 is 0.692 bits per heavy atom. The van der Waals surface area contributed by atoms with E-state index in [9.17, 15) is 0 Å². The third-order valence-electron chi connectivity index (χ3n) is 6.96. The minimum atomic E-state index is 0.757. The number of hydrogen-bond donors (Lipinski definition) is 0. The van der Waals surface area contributed by atoms with E-state index in [0.29, 0.717) is 0 Å². The lowest BCUT2D eigenvalue weighted by Gasteiger charge is -2.35. The van der Waals surface area contributed by atoms with Gasteiger partial charge in [-0.05, 0) is 64.7 Å². The van der Waals surface area contributed by atoms with Gasteiger partial charge in [-0.15, -0.1) is 0 Å². The van der Waals surface area contributed by atoms with Gasteiger partial charge in [0.2, 0.25) is 0 Å². The zero-order valence-corrected chi connectivity index (χ0v) is 16.7. The van der Waals surface area contributed by atoms with Crippen molar-refractivity contribution in [3.63, 3.8) is 0 Å². The van der Waals surface area contributed by atoms with Crippen LogP contribution in [0.5, 0.6) is 0 Å². The lowest BCUT2D eigenvalue weighted by molar-refractivity contribution is 0.0267. The number of rotatable bonds is 7. The van der Waals surface area contributed by atoms with Gasteiger partial charge in [0.25, 0.3) is 0 Å². The average molecular weight is 364 g/mol. The van der Waals surface area contributed by atoms with Crippen LogP contribution < -0.4 is 0 Å². The summed E-state index contributed by atoms with van der Waals surface area (Å²) in [6, 6.07) is 1.53. The van der Waals surface area contributed by atoms with Gasteiger partial charge in [0.05, 0.1) is 13.2 Å². The number of likely N-dealkylation sites (tertiary alicyclic amines) is 3. The van der Waals surface area contributed by atoms with Gasteiger partial charge in [-0.2, -0.15) is 0 Å². The molecule has 4 saturated heterocycles. The summed E-state index contributed by atoms with van der Waals surface area (Å²) in [5.41, 5.74) is 0. The minimum Gasteiger partial charge on any atom is -0.379 e. The van der Waals surface area contributed by atoms with Crippen molar-refractivity contribution < 1.29 is 4.74 Å². The van der Waals surface area contributed by atoms with Crippen LogP contribution in [-0.4, -0.2) is 104 Å². The van der Waals surface area contributed by atoms with Crippen LogP contribution in [0.4, 0.5) is 0 Å². The monoisotopic (exact) mass is 363 g/mol. The Balaban J connectivity index is 1.21. The zero-order valence-electron chi connectivity index (χ0n) is 16.7. The van der Waals surface area contributed by atoms with Crippen LogP contribution in [0.3, 0.4) is 0 Å². The van der Waals surface area contributed by atoms with E-state index in [4.69, 9.17) is 4.74 Å². The molecule has 5 heteroatoms. The largest absolute Gasteiger partial charge is 0.379 e. The highest BCUT2D eigenvalue weighted by atomic mass is 16.5. The molecular weight excluding hydrogens is 324 g/mol. The maximum atomic E-state index is 5.51. The maximum Gasteiger partial charge on any atom is 0.0594 e. The van der Waals surface area contributed by atoms with Crippen molar-refractivity contribution >= 4 is 0 Å². The first-order valence-electron chi connectivity index (χ1n) is 11.2. The molecule has 0 spiro atoms. The molecule has 149 valence electrons. The molecule has 2 atom stereocenters. The van der Waals surface area contributed by atoms with E-state index >= 15 is 0 Å². The van der Waals surface area contributed by atoms with Crippen molar-refractivity contribution in [3.05, 3.63) is 6.54 Å². The molecule has 0 aromatic carbocycles. The molecule has 2 unspecified atom stereocenters. The first-order valence-corrected chi connectivity index (χ1v) is 11.2. The minimum absolute atomic E-state index is 0.757. The molecule has 4 aliphatic rings. The Kier molecular flexibility index (Phi) is 7.23. The van der Waals surface area contributed by atoms with Crippen LogP contribution in [0.25, 0.3) is 0 Å². The summed E-state index contributed by atoms with van der Waals surface area (Å²) >= 11 is 0. The second-order valence-electron chi connectivity index (χ2n) is 8.78. The number of piperidine rings is 1. The molecule has 1 radical (unpaired) electrons. The third kappa shape index (κ3) is 5.20. The molecule has 0 saturated carbocycles. The smallest absolute Gasteiger partial charge is 0.0594 e. The van der Waals surface area contributed by atoms with Gasteiger partial charge in [0, 0.05) is 51.4 Å². The highest BCUT2D eigenvalue weighted by molar-refractivity contribution is 4.91. The second-order valence-corrected chi connectivity index (χ2v) is 8.78. The van der Waals surface area contributed by atoms with Gasteiger partial charge in [-0.25, -0.2) is 0 Å². The Morgan fingerprint density at radius 3 is 2.23 bits per heavy atom. The molecule has 0 bridgehead atoms. The lowest BCUT2D eigenvalue weighted by atomic mass is 10.1. The van der Waals surface area contributed by atoms with Crippen LogP contribution in [0.15, 0.2) is 0 Å². The Hall–Kier alpha value is -0.200. The Labute approximate surface area is 160 Å². The van der Waals surface area contributed by atoms with E-state index in [1.807, 2.05) is 0 Å². The van der Waals surface area contributed by atoms with E-state index in [2.05, 4.69) is 26.1 Å². The van der Waals surface area contributed by atoms with Crippen LogP contribution in [0, 0.1) is 6.54 Å². The van der Waals surface area contributed by atoms with Crippen LogP contribution in [0.2, 0.25) is 0 Å². The summed E-state index contributed by atoms with van der Waals surface area (Å²) in [7, 11) is 0. The molecule has 0 amide bonds. The lowest BCUT2D eigenvalue weighted by Crippen LogP contribution is -2.47. The van der Waals surface area contributed by atoms with Crippen LogP contribution >= 0.6 is 0 Å². The SMILES string of the molecule is [CH](CN1CCCC1CN1CCOCC1)N1CCCC1CN1CCCCC1. The number of nitrogens with zero attached hydrogens (tertiary/aromatic N) is 4.